The highest BCUT2D eigenvalue weighted by Gasteiger charge is 1.99. The maximum Gasteiger partial charge on any atom is 0.212 e. The summed E-state index contributed by atoms with van der Waals surface area (Å²) in [6.07, 6.45) is 1.44. The summed E-state index contributed by atoms with van der Waals surface area (Å²) in [6, 6.07) is 6.83. The van der Waals surface area contributed by atoms with Crippen molar-refractivity contribution in [3.05, 3.63) is 46.2 Å². The fraction of sp³-hybridized carbons (Fsp3) is 0.0909. The minimum Gasteiger partial charge on any atom is -0.379 e. The van der Waals surface area contributed by atoms with E-state index in [4.69, 9.17) is 5.26 Å². The first-order valence-electron chi connectivity index (χ1n) is 4.61. The van der Waals surface area contributed by atoms with E-state index in [1.165, 1.54) is 23.6 Å². The first-order valence-corrected chi connectivity index (χ1v) is 5.49. The molecular formula is C11H8FN3S. The Morgan fingerprint density at radius 3 is 3.00 bits per heavy atom. The van der Waals surface area contributed by atoms with Gasteiger partial charge < -0.3 is 5.32 Å². The summed E-state index contributed by atoms with van der Waals surface area (Å²) in [5.41, 5.74) is 1.42. The fourth-order valence-corrected chi connectivity index (χ4v) is 1.95. The number of nitrogens with zero attached hydrogens (tertiary/aromatic N) is 2. The summed E-state index contributed by atoms with van der Waals surface area (Å²) >= 11 is 1.52. The van der Waals surface area contributed by atoms with E-state index in [1.54, 1.807) is 11.4 Å². The van der Waals surface area contributed by atoms with Crippen LogP contribution in [0.25, 0.3) is 0 Å². The van der Waals surface area contributed by atoms with E-state index < -0.39 is 5.95 Å². The maximum atomic E-state index is 12.5. The summed E-state index contributed by atoms with van der Waals surface area (Å²) in [5.74, 6) is -0.492. The molecule has 0 aliphatic carbocycles. The van der Waals surface area contributed by atoms with Gasteiger partial charge in [-0.2, -0.15) is 9.65 Å². The van der Waals surface area contributed by atoms with Crippen molar-refractivity contribution in [1.82, 2.24) is 4.98 Å². The Labute approximate surface area is 96.2 Å². The fourth-order valence-electron chi connectivity index (χ4n) is 1.20. The number of nitriles is 1. The van der Waals surface area contributed by atoms with Gasteiger partial charge in [0.25, 0.3) is 0 Å². The zero-order chi connectivity index (χ0) is 11.4. The van der Waals surface area contributed by atoms with Gasteiger partial charge in [0.1, 0.15) is 6.07 Å². The Bertz CT molecular complexity index is 513. The lowest BCUT2D eigenvalue weighted by Crippen LogP contribution is -1.98. The number of hydrogen-bond acceptors (Lipinski definition) is 4. The summed E-state index contributed by atoms with van der Waals surface area (Å²) in [5, 5.41) is 13.6. The molecule has 0 unspecified atom stereocenters. The first-order chi connectivity index (χ1) is 7.78. The maximum absolute atomic E-state index is 12.5. The lowest BCUT2D eigenvalue weighted by molar-refractivity contribution is 0.584. The van der Waals surface area contributed by atoms with Crippen LogP contribution in [-0.2, 0) is 6.54 Å². The van der Waals surface area contributed by atoms with E-state index in [1.807, 2.05) is 6.07 Å². The quantitative estimate of drug-likeness (QED) is 0.829. The van der Waals surface area contributed by atoms with Crippen LogP contribution in [-0.4, -0.2) is 4.98 Å². The van der Waals surface area contributed by atoms with Crippen molar-refractivity contribution >= 4 is 17.0 Å². The third-order valence-corrected chi connectivity index (χ3v) is 2.91. The topological polar surface area (TPSA) is 48.7 Å². The van der Waals surface area contributed by atoms with Crippen molar-refractivity contribution in [2.24, 2.45) is 0 Å². The standard InChI is InChI=1S/C11H8FN3S/c12-11-2-1-9(5-15-11)14-6-10-3-8(4-13)7-16-10/h1-3,5,7,14H,6H2. The van der Waals surface area contributed by atoms with Gasteiger partial charge in [0.05, 0.1) is 17.4 Å². The van der Waals surface area contributed by atoms with Crippen LogP contribution in [0.15, 0.2) is 29.8 Å². The van der Waals surface area contributed by atoms with E-state index >= 15 is 0 Å². The molecule has 0 aromatic carbocycles. The average Bonchev–Trinajstić information content (AvgIpc) is 2.76. The molecule has 0 saturated carbocycles. The largest absolute Gasteiger partial charge is 0.379 e. The van der Waals surface area contributed by atoms with Gasteiger partial charge in [0.2, 0.25) is 5.95 Å². The van der Waals surface area contributed by atoms with Gasteiger partial charge in [-0.3, -0.25) is 0 Å². The Hall–Kier alpha value is -1.93. The number of pyridine rings is 1. The zero-order valence-corrected chi connectivity index (χ0v) is 9.09. The van der Waals surface area contributed by atoms with E-state index in [-0.39, 0.29) is 0 Å². The molecule has 3 nitrogen and oxygen atoms in total. The summed E-state index contributed by atoms with van der Waals surface area (Å²) in [7, 11) is 0. The number of nitrogens with one attached hydrogen (secondary N) is 1. The Morgan fingerprint density at radius 1 is 1.50 bits per heavy atom. The average molecular weight is 233 g/mol. The predicted molar refractivity (Wildman–Crippen MR) is 60.6 cm³/mol. The number of halogens is 1. The minimum atomic E-state index is -0.492. The van der Waals surface area contributed by atoms with Crippen LogP contribution in [0.3, 0.4) is 0 Å². The molecule has 0 spiro atoms. The molecule has 0 bridgehead atoms. The third-order valence-electron chi connectivity index (χ3n) is 1.98. The van der Waals surface area contributed by atoms with Gasteiger partial charge in [-0.15, -0.1) is 11.3 Å². The van der Waals surface area contributed by atoms with Crippen LogP contribution in [0.1, 0.15) is 10.4 Å². The van der Waals surface area contributed by atoms with Crippen molar-refractivity contribution < 1.29 is 4.39 Å². The highest BCUT2D eigenvalue weighted by Crippen LogP contribution is 2.15. The SMILES string of the molecule is N#Cc1csc(CNc2ccc(F)nc2)c1. The van der Waals surface area contributed by atoms with Crippen molar-refractivity contribution in [3.63, 3.8) is 0 Å². The van der Waals surface area contributed by atoms with E-state index in [2.05, 4.69) is 16.4 Å². The molecule has 2 rings (SSSR count). The van der Waals surface area contributed by atoms with Crippen LogP contribution in [0.2, 0.25) is 0 Å². The molecule has 0 aliphatic heterocycles. The van der Waals surface area contributed by atoms with Crippen LogP contribution >= 0.6 is 11.3 Å². The van der Waals surface area contributed by atoms with Crippen LogP contribution in [0.4, 0.5) is 10.1 Å². The molecule has 2 heterocycles. The molecule has 0 amide bonds. The molecule has 0 fully saturated rings. The van der Waals surface area contributed by atoms with Gasteiger partial charge in [-0.1, -0.05) is 0 Å². The van der Waals surface area contributed by atoms with E-state index in [0.717, 1.165) is 10.6 Å². The Balaban J connectivity index is 1.97. The van der Waals surface area contributed by atoms with Crippen molar-refractivity contribution in [1.29, 1.82) is 5.26 Å². The lowest BCUT2D eigenvalue weighted by atomic mass is 10.3. The molecule has 0 aliphatic rings. The highest BCUT2D eigenvalue weighted by atomic mass is 32.1. The molecule has 80 valence electrons. The van der Waals surface area contributed by atoms with Gasteiger partial charge in [0.15, 0.2) is 0 Å². The van der Waals surface area contributed by atoms with Crippen LogP contribution in [0, 0.1) is 17.3 Å². The molecule has 0 atom stereocenters. The number of anilines is 1. The second kappa shape index (κ2) is 4.73. The number of aromatic nitrogens is 1. The molecule has 2 aromatic rings. The second-order valence-electron chi connectivity index (χ2n) is 3.14. The predicted octanol–water partition coefficient (Wildman–Crippen LogP) is 2.77. The lowest BCUT2D eigenvalue weighted by Gasteiger charge is -2.03. The molecule has 2 aromatic heterocycles. The third kappa shape index (κ3) is 2.55. The number of hydrogen-bond donors (Lipinski definition) is 1. The Kier molecular flexibility index (Phi) is 3.13. The highest BCUT2D eigenvalue weighted by molar-refractivity contribution is 7.10. The van der Waals surface area contributed by atoms with Gasteiger partial charge in [-0.25, -0.2) is 4.98 Å². The monoisotopic (exact) mass is 233 g/mol. The molecule has 0 saturated heterocycles. The van der Waals surface area contributed by atoms with Crippen molar-refractivity contribution in [3.8, 4) is 6.07 Å². The molecule has 1 N–H and O–H groups in total. The van der Waals surface area contributed by atoms with Crippen molar-refractivity contribution in [2.75, 3.05) is 5.32 Å². The van der Waals surface area contributed by atoms with E-state index in [0.29, 0.717) is 12.1 Å². The normalized spacial score (nSPS) is 9.75. The van der Waals surface area contributed by atoms with Crippen LogP contribution < -0.4 is 5.32 Å². The molecule has 5 heteroatoms. The minimum absolute atomic E-state index is 0.492. The zero-order valence-electron chi connectivity index (χ0n) is 8.27. The van der Waals surface area contributed by atoms with Crippen LogP contribution in [0.5, 0.6) is 0 Å². The smallest absolute Gasteiger partial charge is 0.212 e. The molecule has 16 heavy (non-hydrogen) atoms. The molecular weight excluding hydrogens is 225 g/mol. The summed E-state index contributed by atoms with van der Waals surface area (Å²) < 4.78 is 12.5. The van der Waals surface area contributed by atoms with E-state index in [9.17, 15) is 4.39 Å². The van der Waals surface area contributed by atoms with Crippen molar-refractivity contribution in [2.45, 2.75) is 6.54 Å². The first kappa shape index (κ1) is 10.6. The Morgan fingerprint density at radius 2 is 2.38 bits per heavy atom. The van der Waals surface area contributed by atoms with Gasteiger partial charge in [-0.05, 0) is 18.2 Å². The van der Waals surface area contributed by atoms with Gasteiger partial charge >= 0.3 is 0 Å². The summed E-state index contributed by atoms with van der Waals surface area (Å²) in [4.78, 5) is 4.59. The number of thiophene rings is 1. The summed E-state index contributed by atoms with van der Waals surface area (Å²) in [6.45, 7) is 0.611. The molecule has 0 radical (unpaired) electrons. The van der Waals surface area contributed by atoms with Gasteiger partial charge in [0, 0.05) is 16.8 Å². The second-order valence-corrected chi connectivity index (χ2v) is 4.13. The number of rotatable bonds is 3.